The highest BCUT2D eigenvalue weighted by Crippen LogP contribution is 2.36. The first-order chi connectivity index (χ1) is 9.99. The average Bonchev–Trinajstić information content (AvgIpc) is 2.43. The van der Waals surface area contributed by atoms with Crippen LogP contribution in [0.25, 0.3) is 0 Å². The number of hydrogen-bond donors (Lipinski definition) is 2. The fourth-order valence-electron chi connectivity index (χ4n) is 2.19. The minimum absolute atomic E-state index is 0.00242. The molecule has 0 aliphatic heterocycles. The maximum Gasteiger partial charge on any atom is 0.251 e. The zero-order chi connectivity index (χ0) is 15.4. The van der Waals surface area contributed by atoms with E-state index in [9.17, 15) is 4.79 Å². The molecule has 2 unspecified atom stereocenters. The van der Waals surface area contributed by atoms with Gasteiger partial charge in [-0.15, -0.1) is 0 Å². The summed E-state index contributed by atoms with van der Waals surface area (Å²) in [5, 5.41) is 0.690. The van der Waals surface area contributed by atoms with Gasteiger partial charge in [0, 0.05) is 17.8 Å². The number of benzene rings is 1. The second-order valence-electron chi connectivity index (χ2n) is 5.22. The summed E-state index contributed by atoms with van der Waals surface area (Å²) in [7, 11) is 0. The maximum absolute atomic E-state index is 11.6. The molecule has 5 heteroatoms. The summed E-state index contributed by atoms with van der Waals surface area (Å²) >= 11 is 1.52. The quantitative estimate of drug-likeness (QED) is 0.658. The molecule has 4 nitrogen and oxygen atoms in total. The minimum Gasteiger partial charge on any atom is -0.326 e. The van der Waals surface area contributed by atoms with E-state index in [2.05, 4.69) is 42.0 Å². The minimum atomic E-state index is -0.127. The first-order valence-corrected chi connectivity index (χ1v) is 7.94. The van der Waals surface area contributed by atoms with Crippen molar-refractivity contribution >= 4 is 11.8 Å². The summed E-state index contributed by atoms with van der Waals surface area (Å²) in [6.45, 7) is 5.96. The van der Waals surface area contributed by atoms with E-state index in [0.717, 1.165) is 6.42 Å². The van der Waals surface area contributed by atoms with Crippen LogP contribution < -0.4 is 11.3 Å². The Kier molecular flexibility index (Phi) is 5.20. The van der Waals surface area contributed by atoms with Crippen LogP contribution in [0, 0.1) is 13.8 Å². The van der Waals surface area contributed by atoms with Crippen LogP contribution in [0.5, 0.6) is 0 Å². The van der Waals surface area contributed by atoms with E-state index >= 15 is 0 Å². The number of nitrogens with zero attached hydrogens (tertiary/aromatic N) is 1. The van der Waals surface area contributed by atoms with Gasteiger partial charge in [0.15, 0.2) is 5.16 Å². The second-order valence-corrected chi connectivity index (χ2v) is 6.35. The molecule has 1 heterocycles. The van der Waals surface area contributed by atoms with E-state index in [0.29, 0.717) is 10.9 Å². The van der Waals surface area contributed by atoms with Crippen LogP contribution in [-0.2, 0) is 0 Å². The van der Waals surface area contributed by atoms with Crippen LogP contribution in [-0.4, -0.2) is 16.0 Å². The van der Waals surface area contributed by atoms with Gasteiger partial charge in [0.1, 0.15) is 0 Å². The predicted molar refractivity (Wildman–Crippen MR) is 87.6 cm³/mol. The molecule has 0 aliphatic carbocycles. The van der Waals surface area contributed by atoms with Gasteiger partial charge in [-0.05, 0) is 25.8 Å². The molecule has 0 fully saturated rings. The molecule has 21 heavy (non-hydrogen) atoms. The van der Waals surface area contributed by atoms with Crippen LogP contribution in [0.2, 0.25) is 0 Å². The molecular formula is C16H21N3OS. The maximum atomic E-state index is 11.6. The molecule has 0 saturated carbocycles. The Bertz CT molecular complexity index is 669. The molecule has 2 atom stereocenters. The summed E-state index contributed by atoms with van der Waals surface area (Å²) in [5.41, 5.74) is 9.24. The Morgan fingerprint density at radius 1 is 1.33 bits per heavy atom. The van der Waals surface area contributed by atoms with E-state index in [1.165, 1.54) is 29.0 Å². The molecule has 2 aromatic rings. The number of aromatic amines is 1. The lowest BCUT2D eigenvalue weighted by Gasteiger charge is -2.22. The van der Waals surface area contributed by atoms with Gasteiger partial charge in [-0.2, -0.15) is 0 Å². The average molecular weight is 303 g/mol. The van der Waals surface area contributed by atoms with Crippen molar-refractivity contribution in [2.75, 3.05) is 0 Å². The third kappa shape index (κ3) is 4.19. The highest BCUT2D eigenvalue weighted by atomic mass is 32.2. The molecule has 0 saturated heterocycles. The van der Waals surface area contributed by atoms with Gasteiger partial charge in [0.05, 0.1) is 5.25 Å². The fourth-order valence-corrected chi connectivity index (χ4v) is 3.44. The molecule has 1 aromatic heterocycles. The normalized spacial score (nSPS) is 13.9. The number of thioether (sulfide) groups is 1. The van der Waals surface area contributed by atoms with Crippen LogP contribution in [0.1, 0.15) is 35.4 Å². The topological polar surface area (TPSA) is 71.8 Å². The van der Waals surface area contributed by atoms with E-state index in [1.54, 1.807) is 0 Å². The molecule has 0 bridgehead atoms. The summed E-state index contributed by atoms with van der Waals surface area (Å²) in [6.07, 6.45) is 0.863. The summed E-state index contributed by atoms with van der Waals surface area (Å²) < 4.78 is 0. The Balaban J connectivity index is 2.35. The number of nitrogens with two attached hydrogens (primary N) is 1. The van der Waals surface area contributed by atoms with Crippen molar-refractivity contribution in [1.29, 1.82) is 0 Å². The van der Waals surface area contributed by atoms with Gasteiger partial charge in [-0.3, -0.25) is 4.79 Å². The van der Waals surface area contributed by atoms with Gasteiger partial charge >= 0.3 is 0 Å². The molecule has 3 N–H and O–H groups in total. The van der Waals surface area contributed by atoms with Gasteiger partial charge < -0.3 is 10.7 Å². The van der Waals surface area contributed by atoms with Gasteiger partial charge in [0.25, 0.3) is 5.56 Å². The van der Waals surface area contributed by atoms with Crippen molar-refractivity contribution in [3.8, 4) is 0 Å². The van der Waals surface area contributed by atoms with Gasteiger partial charge in [0.2, 0.25) is 0 Å². The van der Waals surface area contributed by atoms with Gasteiger partial charge in [-0.1, -0.05) is 48.5 Å². The highest BCUT2D eigenvalue weighted by molar-refractivity contribution is 7.99. The first kappa shape index (κ1) is 15.8. The second kappa shape index (κ2) is 6.91. The number of aromatic nitrogens is 2. The molecular weight excluding hydrogens is 282 g/mol. The van der Waals surface area contributed by atoms with Gasteiger partial charge in [-0.25, -0.2) is 4.98 Å². The number of nitrogens with one attached hydrogen (secondary N) is 1. The van der Waals surface area contributed by atoms with E-state index < -0.39 is 0 Å². The Labute approximate surface area is 129 Å². The van der Waals surface area contributed by atoms with E-state index in [-0.39, 0.29) is 16.9 Å². The zero-order valence-corrected chi connectivity index (χ0v) is 13.4. The smallest absolute Gasteiger partial charge is 0.251 e. The Morgan fingerprint density at radius 2 is 2.10 bits per heavy atom. The molecule has 0 radical (unpaired) electrons. The SMILES string of the molecule is CCC(N)C(Sc1nc(C)cc(=O)[nH]1)c1cccc(C)c1. The van der Waals surface area contributed by atoms with Crippen molar-refractivity contribution in [2.45, 2.75) is 43.6 Å². The fraction of sp³-hybridized carbons (Fsp3) is 0.375. The monoisotopic (exact) mass is 303 g/mol. The lowest BCUT2D eigenvalue weighted by atomic mass is 10.0. The zero-order valence-electron chi connectivity index (χ0n) is 12.6. The highest BCUT2D eigenvalue weighted by Gasteiger charge is 2.21. The van der Waals surface area contributed by atoms with Crippen molar-refractivity contribution < 1.29 is 0 Å². The Morgan fingerprint density at radius 3 is 2.71 bits per heavy atom. The van der Waals surface area contributed by atoms with E-state index in [1.807, 2.05) is 13.0 Å². The Hall–Kier alpha value is -1.59. The van der Waals surface area contributed by atoms with Crippen LogP contribution in [0.4, 0.5) is 0 Å². The number of H-pyrrole nitrogens is 1. The number of hydrogen-bond acceptors (Lipinski definition) is 4. The standard InChI is InChI=1S/C16H21N3OS/c1-4-13(17)15(12-7-5-6-10(2)8-12)21-16-18-11(3)9-14(20)19-16/h5-9,13,15H,4,17H2,1-3H3,(H,18,19,20). The molecule has 112 valence electrons. The molecule has 2 rings (SSSR count). The third-order valence-corrected chi connectivity index (χ3v) is 4.61. The van der Waals surface area contributed by atoms with Crippen molar-refractivity contribution in [3.05, 3.63) is 57.5 Å². The van der Waals surface area contributed by atoms with Crippen molar-refractivity contribution in [3.63, 3.8) is 0 Å². The molecule has 0 spiro atoms. The largest absolute Gasteiger partial charge is 0.326 e. The number of rotatable bonds is 5. The predicted octanol–water partition coefficient (Wildman–Crippen LogP) is 2.96. The lowest BCUT2D eigenvalue weighted by molar-refractivity contribution is 0.632. The third-order valence-electron chi connectivity index (χ3n) is 3.32. The summed E-state index contributed by atoms with van der Waals surface area (Å²) in [5.74, 6) is 0. The van der Waals surface area contributed by atoms with E-state index in [4.69, 9.17) is 5.73 Å². The number of aryl methyl sites for hydroxylation is 2. The summed E-state index contributed by atoms with van der Waals surface area (Å²) in [4.78, 5) is 18.8. The van der Waals surface area contributed by atoms with Crippen molar-refractivity contribution in [2.24, 2.45) is 5.73 Å². The molecule has 1 aromatic carbocycles. The van der Waals surface area contributed by atoms with Crippen LogP contribution >= 0.6 is 11.8 Å². The van der Waals surface area contributed by atoms with Crippen LogP contribution in [0.15, 0.2) is 40.3 Å². The first-order valence-electron chi connectivity index (χ1n) is 7.06. The molecule has 0 aliphatic rings. The lowest BCUT2D eigenvalue weighted by Crippen LogP contribution is -2.26. The molecule has 0 amide bonds. The summed E-state index contributed by atoms with van der Waals surface area (Å²) in [6, 6.07) is 9.81. The van der Waals surface area contributed by atoms with Crippen molar-refractivity contribution in [1.82, 2.24) is 9.97 Å². The van der Waals surface area contributed by atoms with Crippen LogP contribution in [0.3, 0.4) is 0 Å².